The second-order valence-electron chi connectivity index (χ2n) is 6.57. The van der Waals surface area contributed by atoms with Crippen LogP contribution in [-0.2, 0) is 0 Å². The Morgan fingerprint density at radius 3 is 2.77 bits per heavy atom. The lowest BCUT2D eigenvalue weighted by Crippen LogP contribution is -2.22. The van der Waals surface area contributed by atoms with Crippen LogP contribution < -0.4 is 5.32 Å². The molecule has 2 aromatic carbocycles. The molecule has 1 aromatic heterocycles. The topological polar surface area (TPSA) is 62.2 Å². The predicted octanol–water partition coefficient (Wildman–Crippen LogP) is 5.54. The van der Waals surface area contributed by atoms with E-state index in [9.17, 15) is 14.3 Å². The number of rotatable bonds is 2. The van der Waals surface area contributed by atoms with E-state index in [4.69, 9.17) is 11.6 Å². The highest BCUT2D eigenvalue weighted by atomic mass is 35.5. The molecule has 26 heavy (non-hydrogen) atoms. The molecule has 1 aliphatic rings. The maximum atomic E-state index is 14.2. The van der Waals surface area contributed by atoms with Gasteiger partial charge in [-0.3, -0.25) is 9.78 Å². The van der Waals surface area contributed by atoms with Crippen molar-refractivity contribution in [3.8, 4) is 5.75 Å². The van der Waals surface area contributed by atoms with Gasteiger partial charge >= 0.3 is 0 Å². The number of nitrogens with zero attached hydrogens (tertiary/aromatic N) is 1. The number of hydrogen-bond acceptors (Lipinski definition) is 5. The van der Waals surface area contributed by atoms with Crippen LogP contribution in [0.4, 0.5) is 15.8 Å². The Hall–Kier alpha value is -2.31. The van der Waals surface area contributed by atoms with Crippen LogP contribution in [0, 0.1) is 5.82 Å². The Bertz CT molecular complexity index is 1080. The number of hydrogen-bond donors (Lipinski definition) is 2. The third kappa shape index (κ3) is 2.70. The number of halogens is 2. The van der Waals surface area contributed by atoms with Gasteiger partial charge in [0.25, 0.3) is 0 Å². The van der Waals surface area contributed by atoms with Crippen molar-refractivity contribution in [1.29, 1.82) is 0 Å². The number of anilines is 2. The van der Waals surface area contributed by atoms with Gasteiger partial charge in [-0.2, -0.15) is 0 Å². The van der Waals surface area contributed by atoms with Gasteiger partial charge in [-0.1, -0.05) is 11.6 Å². The number of aromatic hydroxyl groups is 1. The SMILES string of the molecule is CC1(C)Sc2cc3c(Nc4cc(O)c(Cl)cc4F)ccnc3cc2C1=O. The molecule has 0 saturated heterocycles. The Balaban J connectivity index is 1.83. The highest BCUT2D eigenvalue weighted by Crippen LogP contribution is 2.46. The predicted molar refractivity (Wildman–Crippen MR) is 102 cm³/mol. The van der Waals surface area contributed by atoms with Crippen LogP contribution in [-0.4, -0.2) is 20.6 Å². The highest BCUT2D eigenvalue weighted by Gasteiger charge is 2.38. The summed E-state index contributed by atoms with van der Waals surface area (Å²) in [5, 5.41) is 13.4. The molecule has 1 aliphatic heterocycles. The number of fused-ring (bicyclic) bond motifs is 2. The summed E-state index contributed by atoms with van der Waals surface area (Å²) in [6.45, 7) is 3.78. The van der Waals surface area contributed by atoms with Gasteiger partial charge in [0.15, 0.2) is 5.78 Å². The first-order valence-electron chi connectivity index (χ1n) is 7.88. The molecule has 2 N–H and O–H groups in total. The highest BCUT2D eigenvalue weighted by molar-refractivity contribution is 8.02. The van der Waals surface area contributed by atoms with Crippen molar-refractivity contribution in [2.24, 2.45) is 0 Å². The molecule has 2 heterocycles. The number of phenols is 1. The van der Waals surface area contributed by atoms with E-state index in [0.29, 0.717) is 16.8 Å². The van der Waals surface area contributed by atoms with Gasteiger partial charge in [0.1, 0.15) is 11.6 Å². The Morgan fingerprint density at radius 1 is 1.23 bits per heavy atom. The van der Waals surface area contributed by atoms with Crippen molar-refractivity contribution in [2.45, 2.75) is 23.5 Å². The fourth-order valence-corrected chi connectivity index (χ4v) is 4.31. The second kappa shape index (κ2) is 5.86. The molecule has 7 heteroatoms. The van der Waals surface area contributed by atoms with E-state index < -0.39 is 10.6 Å². The van der Waals surface area contributed by atoms with E-state index in [1.807, 2.05) is 19.9 Å². The quantitative estimate of drug-likeness (QED) is 0.603. The fourth-order valence-electron chi connectivity index (χ4n) is 2.97. The number of ketones is 1. The smallest absolute Gasteiger partial charge is 0.179 e. The molecule has 0 fully saturated rings. The lowest BCUT2D eigenvalue weighted by atomic mass is 9.99. The van der Waals surface area contributed by atoms with Crippen LogP contribution in [0.5, 0.6) is 5.75 Å². The van der Waals surface area contributed by atoms with Crippen molar-refractivity contribution in [3.05, 3.63) is 52.9 Å². The Morgan fingerprint density at radius 2 is 2.00 bits per heavy atom. The zero-order valence-corrected chi connectivity index (χ0v) is 15.5. The third-order valence-electron chi connectivity index (χ3n) is 4.31. The van der Waals surface area contributed by atoms with E-state index in [1.165, 1.54) is 17.8 Å². The summed E-state index contributed by atoms with van der Waals surface area (Å²) >= 11 is 7.23. The number of Topliss-reactive ketones (excluding diaryl/α,β-unsaturated/α-hetero) is 1. The molecule has 0 bridgehead atoms. The number of benzene rings is 2. The minimum Gasteiger partial charge on any atom is -0.506 e. The number of thioether (sulfide) groups is 1. The minimum atomic E-state index is -0.579. The molecule has 0 spiro atoms. The largest absolute Gasteiger partial charge is 0.506 e. The van der Waals surface area contributed by atoms with Gasteiger partial charge in [-0.15, -0.1) is 11.8 Å². The first kappa shape index (κ1) is 17.1. The van der Waals surface area contributed by atoms with Crippen LogP contribution in [0.3, 0.4) is 0 Å². The lowest BCUT2D eigenvalue weighted by molar-refractivity contribution is 0.0961. The van der Waals surface area contributed by atoms with Crippen LogP contribution in [0.1, 0.15) is 24.2 Å². The zero-order valence-electron chi connectivity index (χ0n) is 13.9. The number of phenolic OH excluding ortho intramolecular Hbond substituents is 1. The van der Waals surface area contributed by atoms with Crippen LogP contribution in [0.2, 0.25) is 5.02 Å². The van der Waals surface area contributed by atoms with Gasteiger partial charge in [0.2, 0.25) is 0 Å². The Labute approximate surface area is 158 Å². The van der Waals surface area contributed by atoms with E-state index in [0.717, 1.165) is 16.3 Å². The van der Waals surface area contributed by atoms with Crippen LogP contribution in [0.15, 0.2) is 41.4 Å². The molecule has 0 atom stereocenters. The first-order valence-corrected chi connectivity index (χ1v) is 9.07. The number of aromatic nitrogens is 1. The van der Waals surface area contributed by atoms with Gasteiger partial charge in [-0.05, 0) is 38.1 Å². The minimum absolute atomic E-state index is 0.0531. The van der Waals surface area contributed by atoms with Crippen LogP contribution >= 0.6 is 23.4 Å². The monoisotopic (exact) mass is 388 g/mol. The van der Waals surface area contributed by atoms with Crippen molar-refractivity contribution >= 4 is 51.4 Å². The lowest BCUT2D eigenvalue weighted by Gasteiger charge is -2.12. The summed E-state index contributed by atoms with van der Waals surface area (Å²) in [5.74, 6) is -0.712. The molecule has 0 unspecified atom stereocenters. The second-order valence-corrected chi connectivity index (χ2v) is 8.65. The number of nitrogens with one attached hydrogen (secondary N) is 1. The van der Waals surface area contributed by atoms with Gasteiger partial charge in [-0.25, -0.2) is 4.39 Å². The maximum Gasteiger partial charge on any atom is 0.179 e. The summed E-state index contributed by atoms with van der Waals surface area (Å²) in [6, 6.07) is 7.67. The van der Waals surface area contributed by atoms with E-state index in [-0.39, 0.29) is 22.2 Å². The molecule has 0 amide bonds. The Kier molecular flexibility index (Phi) is 3.86. The van der Waals surface area contributed by atoms with E-state index >= 15 is 0 Å². The van der Waals surface area contributed by atoms with Gasteiger partial charge in [0, 0.05) is 33.8 Å². The average molecular weight is 389 g/mol. The van der Waals surface area contributed by atoms with Crippen molar-refractivity contribution < 1.29 is 14.3 Å². The maximum absolute atomic E-state index is 14.2. The molecule has 0 radical (unpaired) electrons. The van der Waals surface area contributed by atoms with Crippen molar-refractivity contribution in [1.82, 2.24) is 4.98 Å². The zero-order chi connectivity index (χ0) is 18.6. The molecule has 132 valence electrons. The van der Waals surface area contributed by atoms with Crippen molar-refractivity contribution in [2.75, 3.05) is 5.32 Å². The summed E-state index contributed by atoms with van der Waals surface area (Å²) in [6.07, 6.45) is 1.59. The van der Waals surface area contributed by atoms with Crippen LogP contribution in [0.25, 0.3) is 10.9 Å². The molecule has 0 aliphatic carbocycles. The molecular formula is C19H14ClFN2O2S. The van der Waals surface area contributed by atoms with E-state index in [1.54, 1.807) is 18.3 Å². The molecule has 4 nitrogen and oxygen atoms in total. The molecule has 0 saturated carbocycles. The summed E-state index contributed by atoms with van der Waals surface area (Å²) in [4.78, 5) is 17.7. The normalized spacial score (nSPS) is 15.3. The van der Waals surface area contributed by atoms with Gasteiger partial charge in [0.05, 0.1) is 21.0 Å². The third-order valence-corrected chi connectivity index (χ3v) is 5.86. The molecule has 4 rings (SSSR count). The van der Waals surface area contributed by atoms with Gasteiger partial charge < -0.3 is 10.4 Å². The molecule has 3 aromatic rings. The number of carbonyl (C=O) groups excluding carboxylic acids is 1. The average Bonchev–Trinajstić information content (AvgIpc) is 2.80. The first-order chi connectivity index (χ1) is 12.3. The van der Waals surface area contributed by atoms with E-state index in [2.05, 4.69) is 10.3 Å². The molecular weight excluding hydrogens is 375 g/mol. The fraction of sp³-hybridized carbons (Fsp3) is 0.158. The summed E-state index contributed by atoms with van der Waals surface area (Å²) in [7, 11) is 0. The van der Waals surface area contributed by atoms with Crippen molar-refractivity contribution in [3.63, 3.8) is 0 Å². The summed E-state index contributed by atoms with van der Waals surface area (Å²) < 4.78 is 13.7. The summed E-state index contributed by atoms with van der Waals surface area (Å²) in [5.41, 5.74) is 2.02. The standard InChI is InChI=1S/C19H14ClFN2O2S/c1-19(2)18(25)10-5-14-9(6-17(10)26-19)13(3-4-22-14)23-15-8-16(24)11(20)7-12(15)21/h3-8,24H,1-2H3,(H,22,23). The number of pyridine rings is 1. The number of carbonyl (C=O) groups is 1.